The average molecular weight is 528 g/mol. The van der Waals surface area contributed by atoms with Crippen LogP contribution in [0, 0.1) is 17.8 Å². The third kappa shape index (κ3) is 6.60. The molecule has 1 N–H and O–H groups in total. The molecule has 1 saturated carbocycles. The van der Waals surface area contributed by atoms with Crippen LogP contribution in [0.15, 0.2) is 12.2 Å². The predicted octanol–water partition coefficient (Wildman–Crippen LogP) is 4.96. The molecule has 2 fully saturated rings. The number of unbranched alkanes of at least 4 members (excludes halogenated alkanes) is 1. The Hall–Kier alpha value is -0.280. The zero-order valence-corrected chi connectivity index (χ0v) is 19.8. The molecule has 0 amide bonds. The lowest BCUT2D eigenvalue weighted by Gasteiger charge is -2.25. The van der Waals surface area contributed by atoms with E-state index in [2.05, 4.69) is 34.3 Å². The number of carbonyl (C=O) groups excluding carboxylic acids is 1. The number of rotatable bonds is 11. The molecule has 2 rings (SSSR count). The molecule has 4 unspecified atom stereocenters. The van der Waals surface area contributed by atoms with E-state index in [9.17, 15) is 14.3 Å². The lowest BCUT2D eigenvalue weighted by Crippen LogP contribution is -2.33. The zero-order valence-electron chi connectivity index (χ0n) is 17.6. The van der Waals surface area contributed by atoms with Crippen LogP contribution in [0.1, 0.15) is 58.8 Å². The number of hydrogen-bond donors (Lipinski definition) is 1. The maximum atomic E-state index is 15.3. The van der Waals surface area contributed by atoms with Crippen molar-refractivity contribution >= 4 is 28.6 Å². The third-order valence-electron chi connectivity index (χ3n) is 6.33. The van der Waals surface area contributed by atoms with Crippen molar-refractivity contribution in [1.29, 1.82) is 0 Å². The number of hydrogen-bond acceptors (Lipinski definition) is 4. The van der Waals surface area contributed by atoms with Gasteiger partial charge in [0.25, 0.3) is 0 Å². The van der Waals surface area contributed by atoms with E-state index in [0.29, 0.717) is 25.7 Å². The minimum atomic E-state index is -1.28. The number of allylic oxidation sites excluding steroid dienone is 1. The summed E-state index contributed by atoms with van der Waals surface area (Å²) < 4.78 is 40.1. The first-order valence-electron chi connectivity index (χ1n) is 10.8. The molecule has 1 aliphatic heterocycles. The highest BCUT2D eigenvalue weighted by Gasteiger charge is 2.55. The summed E-state index contributed by atoms with van der Waals surface area (Å²) in [7, 11) is 1.36. The molecule has 1 saturated heterocycles. The van der Waals surface area contributed by atoms with Crippen LogP contribution >= 0.6 is 22.6 Å². The fourth-order valence-electron chi connectivity index (χ4n) is 4.61. The molecule has 9 atom stereocenters. The number of halogens is 3. The largest absolute Gasteiger partial charge is 0.469 e. The van der Waals surface area contributed by atoms with E-state index in [-0.39, 0.29) is 33.8 Å². The van der Waals surface area contributed by atoms with Crippen LogP contribution in [0.4, 0.5) is 8.78 Å². The number of esters is 1. The van der Waals surface area contributed by atoms with E-state index in [1.165, 1.54) is 13.2 Å². The Labute approximate surface area is 186 Å². The number of aliphatic hydroxyl groups is 1. The van der Waals surface area contributed by atoms with Crippen LogP contribution < -0.4 is 0 Å². The van der Waals surface area contributed by atoms with Gasteiger partial charge in [0.1, 0.15) is 24.6 Å². The maximum Gasteiger partial charge on any atom is 0.305 e. The molecule has 29 heavy (non-hydrogen) atoms. The Balaban J connectivity index is 1.93. The van der Waals surface area contributed by atoms with E-state index >= 15 is 4.39 Å². The Morgan fingerprint density at radius 2 is 2.10 bits per heavy atom. The highest BCUT2D eigenvalue weighted by molar-refractivity contribution is 14.1. The van der Waals surface area contributed by atoms with Crippen molar-refractivity contribution in [1.82, 2.24) is 0 Å². The maximum absolute atomic E-state index is 15.3. The van der Waals surface area contributed by atoms with Crippen molar-refractivity contribution < 1.29 is 28.2 Å². The SMILES string of the molecule is CCCCC(F)[C@H](O)/C=C/[C@@H]1[C@H]2C(F)C(C(I)CCCC(=O)OC)O[C@H]2C[C@H]1C. The van der Waals surface area contributed by atoms with Gasteiger partial charge < -0.3 is 14.6 Å². The van der Waals surface area contributed by atoms with Gasteiger partial charge in [-0.25, -0.2) is 8.78 Å². The van der Waals surface area contributed by atoms with Gasteiger partial charge in [-0.1, -0.05) is 61.4 Å². The predicted molar refractivity (Wildman–Crippen MR) is 118 cm³/mol. The minimum Gasteiger partial charge on any atom is -0.469 e. The smallest absolute Gasteiger partial charge is 0.305 e. The molecule has 0 aromatic heterocycles. The first kappa shape index (κ1) is 25.0. The van der Waals surface area contributed by atoms with Crippen LogP contribution in [0.3, 0.4) is 0 Å². The summed E-state index contributed by atoms with van der Waals surface area (Å²) in [6, 6.07) is 0. The van der Waals surface area contributed by atoms with Crippen LogP contribution in [0.5, 0.6) is 0 Å². The Morgan fingerprint density at radius 1 is 1.38 bits per heavy atom. The Kier molecular flexibility index (Phi) is 10.3. The van der Waals surface area contributed by atoms with Crippen molar-refractivity contribution in [2.24, 2.45) is 17.8 Å². The van der Waals surface area contributed by atoms with Gasteiger partial charge in [0.15, 0.2) is 0 Å². The van der Waals surface area contributed by atoms with E-state index < -0.39 is 24.6 Å². The number of alkyl halides is 3. The average Bonchev–Trinajstić information content (AvgIpc) is 3.18. The second kappa shape index (κ2) is 11.9. The second-order valence-corrected chi connectivity index (χ2v) is 10.1. The first-order valence-corrected chi connectivity index (χ1v) is 12.1. The molecule has 0 radical (unpaired) electrons. The fraction of sp³-hybridized carbons (Fsp3) is 0.864. The van der Waals surface area contributed by atoms with Gasteiger partial charge in [0, 0.05) is 16.3 Å². The van der Waals surface area contributed by atoms with Crippen LogP contribution in [0.2, 0.25) is 0 Å². The molecule has 168 valence electrons. The van der Waals surface area contributed by atoms with Crippen LogP contribution in [-0.2, 0) is 14.3 Å². The van der Waals surface area contributed by atoms with Gasteiger partial charge in [-0.3, -0.25) is 4.79 Å². The lowest BCUT2D eigenvalue weighted by atomic mass is 9.84. The van der Waals surface area contributed by atoms with Gasteiger partial charge in [0.05, 0.1) is 13.2 Å². The summed E-state index contributed by atoms with van der Waals surface area (Å²) >= 11 is 2.22. The van der Waals surface area contributed by atoms with Crippen molar-refractivity contribution in [3.05, 3.63) is 12.2 Å². The summed E-state index contributed by atoms with van der Waals surface area (Å²) in [5.74, 6) is -0.345. The molecule has 0 bridgehead atoms. The molecule has 7 heteroatoms. The molecule has 0 aromatic rings. The third-order valence-corrected chi connectivity index (χ3v) is 7.66. The summed E-state index contributed by atoms with van der Waals surface area (Å²) in [6.45, 7) is 4.05. The highest BCUT2D eigenvalue weighted by Crippen LogP contribution is 2.50. The summed E-state index contributed by atoms with van der Waals surface area (Å²) in [4.78, 5) is 11.3. The molecule has 2 aliphatic rings. The monoisotopic (exact) mass is 528 g/mol. The summed E-state index contributed by atoms with van der Waals surface area (Å²) in [5.41, 5.74) is 0. The van der Waals surface area contributed by atoms with Crippen LogP contribution in [0.25, 0.3) is 0 Å². The van der Waals surface area contributed by atoms with Gasteiger partial charge in [-0.05, 0) is 37.5 Å². The Bertz CT molecular complexity index is 547. The fourth-order valence-corrected chi connectivity index (χ4v) is 5.62. The number of aliphatic hydroxyl groups excluding tert-OH is 1. The number of ether oxygens (including phenoxy) is 2. The van der Waals surface area contributed by atoms with Crippen molar-refractivity contribution in [2.75, 3.05) is 7.11 Å². The Morgan fingerprint density at radius 3 is 2.76 bits per heavy atom. The molecule has 0 spiro atoms. The first-order chi connectivity index (χ1) is 13.8. The van der Waals surface area contributed by atoms with E-state index in [4.69, 9.17) is 4.74 Å². The summed E-state index contributed by atoms with van der Waals surface area (Å²) in [6.07, 6.45) is 3.59. The summed E-state index contributed by atoms with van der Waals surface area (Å²) in [5, 5.41) is 10.1. The van der Waals surface area contributed by atoms with E-state index in [0.717, 1.165) is 19.3 Å². The topological polar surface area (TPSA) is 55.8 Å². The van der Waals surface area contributed by atoms with Crippen molar-refractivity contribution in [3.8, 4) is 0 Å². The quantitative estimate of drug-likeness (QED) is 0.178. The van der Waals surface area contributed by atoms with Gasteiger partial charge in [0.2, 0.25) is 0 Å². The van der Waals surface area contributed by atoms with Crippen molar-refractivity contribution in [3.63, 3.8) is 0 Å². The minimum absolute atomic E-state index is 0.0207. The lowest BCUT2D eigenvalue weighted by molar-refractivity contribution is -0.140. The van der Waals surface area contributed by atoms with E-state index in [1.807, 2.05) is 13.0 Å². The standard InChI is InChI=1S/C22H35F2IO4/c1-4-5-7-15(23)17(26)11-10-14-13(2)12-18-20(14)21(24)22(29-18)16(25)8-6-9-19(27)28-3/h10-11,13-18,20-22,26H,4-9,12H2,1-3H3/b11-10+/t13-,14+,15?,16?,17-,18+,20-,21?,22?/m1/s1. The molecular formula is C22H35F2IO4. The van der Waals surface area contributed by atoms with Gasteiger partial charge in [-0.15, -0.1) is 0 Å². The molecule has 4 nitrogen and oxygen atoms in total. The van der Waals surface area contributed by atoms with Gasteiger partial charge >= 0.3 is 5.97 Å². The zero-order chi connectivity index (χ0) is 21.6. The number of methoxy groups -OCH3 is 1. The van der Waals surface area contributed by atoms with Crippen LogP contribution in [-0.4, -0.2) is 52.8 Å². The molecule has 1 aliphatic carbocycles. The van der Waals surface area contributed by atoms with Crippen molar-refractivity contribution in [2.45, 2.75) is 93.4 Å². The van der Waals surface area contributed by atoms with E-state index in [1.54, 1.807) is 0 Å². The number of fused-ring (bicyclic) bond motifs is 1. The number of carbonyl (C=O) groups is 1. The van der Waals surface area contributed by atoms with Gasteiger partial charge in [-0.2, -0.15) is 0 Å². The molecular weight excluding hydrogens is 493 g/mol. The molecule has 1 heterocycles. The molecule has 0 aromatic carbocycles. The highest BCUT2D eigenvalue weighted by atomic mass is 127. The second-order valence-electron chi connectivity index (χ2n) is 8.47. The normalized spacial score (nSPS) is 34.9.